The molecule has 5 nitrogen and oxygen atoms in total. The summed E-state index contributed by atoms with van der Waals surface area (Å²) in [5.74, 6) is -0.618. The molecule has 1 aliphatic carbocycles. The number of amides is 1. The van der Waals surface area contributed by atoms with E-state index in [9.17, 15) is 14.7 Å². The van der Waals surface area contributed by atoms with E-state index in [2.05, 4.69) is 10.2 Å². The summed E-state index contributed by atoms with van der Waals surface area (Å²) in [6.45, 7) is 3.79. The number of carboxylic acid groups (broad SMARTS) is 1. The molecule has 2 N–H and O–H groups in total. The third-order valence-electron chi connectivity index (χ3n) is 4.69. The highest BCUT2D eigenvalue weighted by atomic mass is 16.4. The Hall–Kier alpha value is -1.10. The lowest BCUT2D eigenvalue weighted by Crippen LogP contribution is -2.38. The van der Waals surface area contributed by atoms with Gasteiger partial charge in [-0.05, 0) is 32.7 Å². The number of hydrogen-bond donors (Lipinski definition) is 2. The molecule has 0 aromatic heterocycles. The predicted octanol–water partition coefficient (Wildman–Crippen LogP) is 1.62. The second-order valence-electron chi connectivity index (χ2n) is 6.54. The maximum Gasteiger partial charge on any atom is 0.310 e. The number of rotatable bonds is 5. The van der Waals surface area contributed by atoms with Crippen molar-refractivity contribution in [2.24, 2.45) is 5.41 Å². The summed E-state index contributed by atoms with van der Waals surface area (Å²) >= 11 is 0. The third-order valence-corrected chi connectivity index (χ3v) is 4.69. The van der Waals surface area contributed by atoms with Gasteiger partial charge < -0.3 is 15.3 Å². The number of likely N-dealkylation sites (tertiary alicyclic amines) is 1. The van der Waals surface area contributed by atoms with Gasteiger partial charge in [0.2, 0.25) is 5.91 Å². The molecule has 2 rings (SSSR count). The molecule has 2 fully saturated rings. The van der Waals surface area contributed by atoms with E-state index in [1.165, 1.54) is 19.3 Å². The van der Waals surface area contributed by atoms with Crippen LogP contribution >= 0.6 is 0 Å². The van der Waals surface area contributed by atoms with Crippen LogP contribution in [0.1, 0.15) is 51.9 Å². The summed E-state index contributed by atoms with van der Waals surface area (Å²) in [7, 11) is 0. The first-order chi connectivity index (χ1) is 9.49. The first kappa shape index (κ1) is 15.3. The number of nitrogens with zero attached hydrogens (tertiary/aromatic N) is 1. The molecule has 0 aromatic rings. The van der Waals surface area contributed by atoms with E-state index in [0.717, 1.165) is 19.4 Å². The SMILES string of the molecule is CC1(C(=O)O)CCN(CCC(=O)NC2CCCCC2)C1. The number of carbonyl (C=O) groups excluding carboxylic acids is 1. The van der Waals surface area contributed by atoms with Gasteiger partial charge in [-0.3, -0.25) is 9.59 Å². The van der Waals surface area contributed by atoms with Crippen molar-refractivity contribution < 1.29 is 14.7 Å². The summed E-state index contributed by atoms with van der Waals surface area (Å²) in [6, 6.07) is 0.360. The van der Waals surface area contributed by atoms with E-state index < -0.39 is 11.4 Å². The standard InChI is InChI=1S/C15H26N2O3/c1-15(14(19)20)8-10-17(11-15)9-7-13(18)16-12-5-3-2-4-6-12/h12H,2-11H2,1H3,(H,16,18)(H,19,20). The van der Waals surface area contributed by atoms with Gasteiger partial charge in [0.15, 0.2) is 0 Å². The quantitative estimate of drug-likeness (QED) is 0.804. The maximum atomic E-state index is 11.9. The highest BCUT2D eigenvalue weighted by Gasteiger charge is 2.40. The van der Waals surface area contributed by atoms with Gasteiger partial charge in [0.05, 0.1) is 5.41 Å². The fraction of sp³-hybridized carbons (Fsp3) is 0.867. The van der Waals surface area contributed by atoms with Gasteiger partial charge in [-0.2, -0.15) is 0 Å². The van der Waals surface area contributed by atoms with Crippen LogP contribution in [-0.2, 0) is 9.59 Å². The molecule has 1 saturated carbocycles. The van der Waals surface area contributed by atoms with Crippen molar-refractivity contribution in [3.8, 4) is 0 Å². The van der Waals surface area contributed by atoms with E-state index in [4.69, 9.17) is 0 Å². The van der Waals surface area contributed by atoms with Crippen LogP contribution in [0.2, 0.25) is 0 Å². The molecule has 5 heteroatoms. The molecular formula is C15H26N2O3. The molecule has 2 aliphatic rings. The number of nitrogens with one attached hydrogen (secondary N) is 1. The zero-order valence-electron chi connectivity index (χ0n) is 12.4. The first-order valence-electron chi connectivity index (χ1n) is 7.75. The first-order valence-corrected chi connectivity index (χ1v) is 7.75. The molecule has 1 saturated heterocycles. The van der Waals surface area contributed by atoms with Crippen molar-refractivity contribution in [2.75, 3.05) is 19.6 Å². The highest BCUT2D eigenvalue weighted by Crippen LogP contribution is 2.29. The van der Waals surface area contributed by atoms with Crippen molar-refractivity contribution >= 4 is 11.9 Å². The summed E-state index contributed by atoms with van der Waals surface area (Å²) in [4.78, 5) is 25.2. The molecular weight excluding hydrogens is 256 g/mol. The normalized spacial score (nSPS) is 28.4. The van der Waals surface area contributed by atoms with Gasteiger partial charge >= 0.3 is 5.97 Å². The van der Waals surface area contributed by atoms with E-state index in [1.54, 1.807) is 6.92 Å². The molecule has 0 aromatic carbocycles. The average Bonchev–Trinajstić information content (AvgIpc) is 2.81. The Morgan fingerprint density at radius 3 is 2.60 bits per heavy atom. The largest absolute Gasteiger partial charge is 0.481 e. The van der Waals surface area contributed by atoms with E-state index in [0.29, 0.717) is 32.0 Å². The van der Waals surface area contributed by atoms with Gasteiger partial charge in [-0.25, -0.2) is 0 Å². The van der Waals surface area contributed by atoms with E-state index in [1.807, 2.05) is 0 Å². The summed E-state index contributed by atoms with van der Waals surface area (Å²) in [5.41, 5.74) is -0.639. The number of carboxylic acids is 1. The second kappa shape index (κ2) is 6.57. The molecule has 1 unspecified atom stereocenters. The summed E-state index contributed by atoms with van der Waals surface area (Å²) < 4.78 is 0. The molecule has 1 atom stereocenters. The number of carbonyl (C=O) groups is 2. The summed E-state index contributed by atoms with van der Waals surface area (Å²) in [6.07, 6.45) is 7.08. The lowest BCUT2D eigenvalue weighted by molar-refractivity contribution is -0.147. The minimum absolute atomic E-state index is 0.112. The van der Waals surface area contributed by atoms with Crippen LogP contribution in [0.15, 0.2) is 0 Å². The zero-order valence-corrected chi connectivity index (χ0v) is 12.4. The van der Waals surface area contributed by atoms with E-state index in [-0.39, 0.29) is 5.91 Å². The average molecular weight is 282 g/mol. The molecule has 1 amide bonds. The molecule has 1 aliphatic heterocycles. The van der Waals surface area contributed by atoms with Crippen LogP contribution < -0.4 is 5.32 Å². The van der Waals surface area contributed by atoms with Crippen molar-refractivity contribution in [3.05, 3.63) is 0 Å². The Bertz CT molecular complexity index is 366. The van der Waals surface area contributed by atoms with Crippen LogP contribution in [-0.4, -0.2) is 47.6 Å². The molecule has 20 heavy (non-hydrogen) atoms. The molecule has 1 heterocycles. The Labute approximate surface area is 120 Å². The van der Waals surface area contributed by atoms with Gasteiger partial charge in [0, 0.05) is 25.6 Å². The topological polar surface area (TPSA) is 69.6 Å². The monoisotopic (exact) mass is 282 g/mol. The van der Waals surface area contributed by atoms with Crippen LogP contribution in [0.5, 0.6) is 0 Å². The van der Waals surface area contributed by atoms with Gasteiger partial charge in [-0.1, -0.05) is 19.3 Å². The summed E-state index contributed by atoms with van der Waals surface area (Å²) in [5, 5.41) is 12.3. The molecule has 0 bridgehead atoms. The lowest BCUT2D eigenvalue weighted by atomic mass is 9.90. The smallest absolute Gasteiger partial charge is 0.310 e. The lowest BCUT2D eigenvalue weighted by Gasteiger charge is -2.24. The second-order valence-corrected chi connectivity index (χ2v) is 6.54. The van der Waals surface area contributed by atoms with Crippen molar-refractivity contribution in [2.45, 2.75) is 57.9 Å². The maximum absolute atomic E-state index is 11.9. The Kier molecular flexibility index (Phi) is 5.02. The Morgan fingerprint density at radius 2 is 2.00 bits per heavy atom. The van der Waals surface area contributed by atoms with Crippen molar-refractivity contribution in [1.29, 1.82) is 0 Å². The molecule has 0 spiro atoms. The van der Waals surface area contributed by atoms with Gasteiger partial charge in [0.1, 0.15) is 0 Å². The van der Waals surface area contributed by atoms with Crippen LogP contribution in [0, 0.1) is 5.41 Å². The van der Waals surface area contributed by atoms with Crippen molar-refractivity contribution in [1.82, 2.24) is 10.2 Å². The van der Waals surface area contributed by atoms with Gasteiger partial charge in [-0.15, -0.1) is 0 Å². The van der Waals surface area contributed by atoms with Crippen LogP contribution in [0.3, 0.4) is 0 Å². The molecule has 0 radical (unpaired) electrons. The zero-order chi connectivity index (χ0) is 14.6. The minimum Gasteiger partial charge on any atom is -0.481 e. The van der Waals surface area contributed by atoms with Gasteiger partial charge in [0.25, 0.3) is 0 Å². The minimum atomic E-state index is -0.730. The third kappa shape index (κ3) is 3.95. The Balaban J connectivity index is 1.68. The van der Waals surface area contributed by atoms with Crippen molar-refractivity contribution in [3.63, 3.8) is 0 Å². The predicted molar refractivity (Wildman–Crippen MR) is 76.4 cm³/mol. The number of aliphatic carboxylic acids is 1. The highest BCUT2D eigenvalue weighted by molar-refractivity contribution is 5.76. The van der Waals surface area contributed by atoms with Crippen LogP contribution in [0.4, 0.5) is 0 Å². The fourth-order valence-corrected chi connectivity index (χ4v) is 3.23. The number of hydrogen-bond acceptors (Lipinski definition) is 3. The Morgan fingerprint density at radius 1 is 1.30 bits per heavy atom. The van der Waals surface area contributed by atoms with E-state index >= 15 is 0 Å². The fourth-order valence-electron chi connectivity index (χ4n) is 3.23. The van der Waals surface area contributed by atoms with Crippen LogP contribution in [0.25, 0.3) is 0 Å². The molecule has 114 valence electrons.